The third kappa shape index (κ3) is 4.93. The molecule has 0 fully saturated rings. The smallest absolute Gasteiger partial charge is 0.271 e. The van der Waals surface area contributed by atoms with Crippen molar-refractivity contribution in [3.63, 3.8) is 0 Å². The Labute approximate surface area is 173 Å². The quantitative estimate of drug-likeness (QED) is 0.435. The molecule has 2 aromatic carbocycles. The highest BCUT2D eigenvalue weighted by Crippen LogP contribution is 2.19. The van der Waals surface area contributed by atoms with E-state index in [2.05, 4.69) is 4.72 Å². The SMILES string of the molecule is Cc1ccc(S(=O)(=O)Nc2ccc(S(=O)(=O)NC(=O)c3ccc[n+]([O-])c3)cc2)cc1. The molecule has 0 aliphatic rings. The van der Waals surface area contributed by atoms with Crippen LogP contribution in [0.1, 0.15) is 15.9 Å². The normalized spacial score (nSPS) is 11.6. The Bertz CT molecular complexity index is 1290. The maximum absolute atomic E-state index is 12.4. The van der Waals surface area contributed by atoms with Crippen LogP contribution in [0.15, 0.2) is 82.8 Å². The zero-order chi connectivity index (χ0) is 21.9. The van der Waals surface area contributed by atoms with Gasteiger partial charge in [-0.25, -0.2) is 21.6 Å². The van der Waals surface area contributed by atoms with Gasteiger partial charge < -0.3 is 5.21 Å². The molecule has 3 rings (SSSR count). The largest absolute Gasteiger partial charge is 0.619 e. The van der Waals surface area contributed by atoms with Gasteiger partial charge in [0.15, 0.2) is 12.4 Å². The molecule has 156 valence electrons. The molecule has 11 heteroatoms. The van der Waals surface area contributed by atoms with Crippen LogP contribution in [0.25, 0.3) is 0 Å². The van der Waals surface area contributed by atoms with Crippen molar-refractivity contribution in [1.82, 2.24) is 4.72 Å². The van der Waals surface area contributed by atoms with Crippen LogP contribution in [0.2, 0.25) is 0 Å². The molecular formula is C19H17N3O6S2. The summed E-state index contributed by atoms with van der Waals surface area (Å²) in [6.07, 6.45) is 2.09. The van der Waals surface area contributed by atoms with E-state index in [-0.39, 0.29) is 21.0 Å². The summed E-state index contributed by atoms with van der Waals surface area (Å²) in [7, 11) is -8.06. The highest BCUT2D eigenvalue weighted by atomic mass is 32.2. The first kappa shape index (κ1) is 21.3. The van der Waals surface area contributed by atoms with Gasteiger partial charge in [0.1, 0.15) is 5.56 Å². The predicted octanol–water partition coefficient (Wildman–Crippen LogP) is 1.55. The van der Waals surface area contributed by atoms with Crippen LogP contribution in [0.3, 0.4) is 0 Å². The number of anilines is 1. The minimum absolute atomic E-state index is 0.0653. The summed E-state index contributed by atoms with van der Waals surface area (Å²) in [5.41, 5.74) is 0.931. The molecular weight excluding hydrogens is 430 g/mol. The van der Waals surface area contributed by atoms with Crippen LogP contribution >= 0.6 is 0 Å². The Kier molecular flexibility index (Phi) is 5.76. The van der Waals surface area contributed by atoms with Gasteiger partial charge in [-0.05, 0) is 49.4 Å². The van der Waals surface area contributed by atoms with Crippen LogP contribution in [-0.2, 0) is 20.0 Å². The summed E-state index contributed by atoms with van der Waals surface area (Å²) in [6.45, 7) is 1.83. The number of sulfonamides is 2. The number of nitrogens with zero attached hydrogens (tertiary/aromatic N) is 1. The summed E-state index contributed by atoms with van der Waals surface area (Å²) in [5.74, 6) is -0.968. The Morgan fingerprint density at radius 3 is 2.03 bits per heavy atom. The molecule has 0 atom stereocenters. The second-order valence-electron chi connectivity index (χ2n) is 6.33. The predicted molar refractivity (Wildman–Crippen MR) is 108 cm³/mol. The van der Waals surface area contributed by atoms with Crippen LogP contribution in [0.4, 0.5) is 5.69 Å². The van der Waals surface area contributed by atoms with E-state index in [1.807, 2.05) is 11.6 Å². The van der Waals surface area contributed by atoms with E-state index >= 15 is 0 Å². The molecule has 0 unspecified atom stereocenters. The third-order valence-corrected chi connectivity index (χ3v) is 6.76. The van der Waals surface area contributed by atoms with Gasteiger partial charge in [-0.15, -0.1) is 0 Å². The van der Waals surface area contributed by atoms with Gasteiger partial charge in [0.05, 0.1) is 9.79 Å². The lowest BCUT2D eigenvalue weighted by Gasteiger charge is -2.10. The van der Waals surface area contributed by atoms with Crippen molar-refractivity contribution >= 4 is 31.6 Å². The topological polar surface area (TPSA) is 136 Å². The van der Waals surface area contributed by atoms with Crippen LogP contribution in [0.5, 0.6) is 0 Å². The lowest BCUT2D eigenvalue weighted by molar-refractivity contribution is -0.605. The van der Waals surface area contributed by atoms with Gasteiger partial charge in [-0.1, -0.05) is 17.7 Å². The minimum Gasteiger partial charge on any atom is -0.619 e. The lowest BCUT2D eigenvalue weighted by atomic mass is 10.2. The van der Waals surface area contributed by atoms with Gasteiger partial charge in [-0.3, -0.25) is 9.52 Å². The average molecular weight is 447 g/mol. The highest BCUT2D eigenvalue weighted by Gasteiger charge is 2.20. The average Bonchev–Trinajstić information content (AvgIpc) is 2.68. The number of carbonyl (C=O) groups excluding carboxylic acids is 1. The first-order valence-corrected chi connectivity index (χ1v) is 11.5. The molecule has 0 aliphatic carbocycles. The van der Waals surface area contributed by atoms with E-state index in [4.69, 9.17) is 0 Å². The van der Waals surface area contributed by atoms with Crippen molar-refractivity contribution in [3.05, 3.63) is 89.4 Å². The number of rotatable bonds is 6. The zero-order valence-electron chi connectivity index (χ0n) is 15.6. The first-order chi connectivity index (χ1) is 14.1. The summed E-state index contributed by atoms with van der Waals surface area (Å²) in [5, 5.41) is 11.2. The number of aromatic nitrogens is 1. The molecule has 3 aromatic rings. The molecule has 1 heterocycles. The fraction of sp³-hybridized carbons (Fsp3) is 0.0526. The lowest BCUT2D eigenvalue weighted by Crippen LogP contribution is -2.33. The Balaban J connectivity index is 1.75. The number of amides is 1. The molecule has 1 amide bonds. The number of nitrogens with one attached hydrogen (secondary N) is 2. The Morgan fingerprint density at radius 1 is 0.867 bits per heavy atom. The maximum atomic E-state index is 12.4. The van der Waals surface area contributed by atoms with Gasteiger partial charge in [0, 0.05) is 11.8 Å². The van der Waals surface area contributed by atoms with E-state index in [1.54, 1.807) is 12.1 Å². The van der Waals surface area contributed by atoms with Gasteiger partial charge in [0.25, 0.3) is 26.0 Å². The molecule has 0 saturated heterocycles. The molecule has 0 radical (unpaired) electrons. The summed E-state index contributed by atoms with van der Waals surface area (Å²) >= 11 is 0. The zero-order valence-corrected chi connectivity index (χ0v) is 17.3. The maximum Gasteiger partial charge on any atom is 0.271 e. The van der Waals surface area contributed by atoms with Crippen LogP contribution in [0, 0.1) is 12.1 Å². The molecule has 2 N–H and O–H groups in total. The van der Waals surface area contributed by atoms with Crippen LogP contribution < -0.4 is 14.2 Å². The number of carbonyl (C=O) groups is 1. The Morgan fingerprint density at radius 2 is 1.43 bits per heavy atom. The van der Waals surface area contributed by atoms with E-state index in [0.717, 1.165) is 30.1 Å². The van der Waals surface area contributed by atoms with Crippen molar-refractivity contribution in [2.75, 3.05) is 4.72 Å². The molecule has 9 nitrogen and oxygen atoms in total. The fourth-order valence-electron chi connectivity index (χ4n) is 2.46. The van der Waals surface area contributed by atoms with Gasteiger partial charge in [0.2, 0.25) is 0 Å². The molecule has 0 spiro atoms. The molecule has 0 aliphatic heterocycles. The highest BCUT2D eigenvalue weighted by molar-refractivity contribution is 7.92. The van der Waals surface area contributed by atoms with Crippen molar-refractivity contribution in [2.45, 2.75) is 16.7 Å². The summed E-state index contributed by atoms with van der Waals surface area (Å²) in [4.78, 5) is 11.9. The number of pyridine rings is 1. The number of aryl methyl sites for hydroxylation is 1. The van der Waals surface area contributed by atoms with Gasteiger partial charge in [-0.2, -0.15) is 4.73 Å². The van der Waals surface area contributed by atoms with Crippen molar-refractivity contribution in [1.29, 1.82) is 0 Å². The van der Waals surface area contributed by atoms with Crippen molar-refractivity contribution < 1.29 is 26.4 Å². The fourth-order valence-corrected chi connectivity index (χ4v) is 4.50. The van der Waals surface area contributed by atoms with Crippen molar-refractivity contribution in [2.24, 2.45) is 0 Å². The monoisotopic (exact) mass is 447 g/mol. The molecule has 30 heavy (non-hydrogen) atoms. The van der Waals surface area contributed by atoms with E-state index in [1.165, 1.54) is 36.4 Å². The molecule has 0 bridgehead atoms. The second-order valence-corrected chi connectivity index (χ2v) is 9.69. The summed E-state index contributed by atoms with van der Waals surface area (Å²) in [6, 6.07) is 13.7. The van der Waals surface area contributed by atoms with E-state index < -0.39 is 26.0 Å². The van der Waals surface area contributed by atoms with E-state index in [0.29, 0.717) is 4.73 Å². The number of hydrogen-bond donors (Lipinski definition) is 2. The number of hydrogen-bond acceptors (Lipinski definition) is 6. The van der Waals surface area contributed by atoms with E-state index in [9.17, 15) is 26.8 Å². The minimum atomic E-state index is -4.23. The summed E-state index contributed by atoms with van der Waals surface area (Å²) < 4.78 is 54.2. The second kappa shape index (κ2) is 8.13. The number of benzene rings is 2. The Hall–Kier alpha value is -3.44. The standard InChI is InChI=1S/C19H17N3O6S2/c1-14-4-8-17(9-5-14)29(25,26)20-16-6-10-18(11-7-16)30(27,28)21-19(23)15-3-2-12-22(24)13-15/h2-13,20H,1H3,(H,21,23). The van der Waals surface area contributed by atoms with Crippen LogP contribution in [-0.4, -0.2) is 22.7 Å². The molecule has 1 aromatic heterocycles. The third-order valence-electron chi connectivity index (χ3n) is 4.01. The van der Waals surface area contributed by atoms with Gasteiger partial charge >= 0.3 is 0 Å². The van der Waals surface area contributed by atoms with Crippen molar-refractivity contribution in [3.8, 4) is 0 Å². The first-order valence-electron chi connectivity index (χ1n) is 8.52. The molecule has 0 saturated carbocycles.